The Morgan fingerprint density at radius 3 is 3.07 bits per heavy atom. The van der Waals surface area contributed by atoms with Gasteiger partial charge in [0, 0.05) is 15.6 Å². The minimum absolute atomic E-state index is 0.183. The summed E-state index contributed by atoms with van der Waals surface area (Å²) in [7, 11) is 0. The Labute approximate surface area is 181 Å². The number of anilines is 1. The molecule has 1 amide bonds. The maximum Gasteiger partial charge on any atom is 0.352 e. The van der Waals surface area contributed by atoms with Crippen LogP contribution in [-0.2, 0) is 24.2 Å². The minimum Gasteiger partial charge on any atom is -0.324 e. The lowest BCUT2D eigenvalue weighted by atomic mass is 9.89. The van der Waals surface area contributed by atoms with Crippen LogP contribution in [0.2, 0.25) is 5.02 Å². The topological polar surface area (TPSA) is 81.3 Å². The predicted molar refractivity (Wildman–Crippen MR) is 119 cm³/mol. The zero-order valence-electron chi connectivity index (χ0n) is 16.6. The smallest absolute Gasteiger partial charge is 0.324 e. The summed E-state index contributed by atoms with van der Waals surface area (Å²) in [5.41, 5.74) is 2.85. The van der Waals surface area contributed by atoms with Crippen LogP contribution in [0.15, 0.2) is 29.3 Å². The molecule has 1 unspecified atom stereocenters. The van der Waals surface area contributed by atoms with Crippen LogP contribution in [0, 0.1) is 12.8 Å². The maximum absolute atomic E-state index is 12.8. The lowest BCUT2D eigenvalue weighted by Crippen LogP contribution is -2.28. The van der Waals surface area contributed by atoms with E-state index in [1.165, 1.54) is 25.9 Å². The van der Waals surface area contributed by atoms with Crippen LogP contribution in [-0.4, -0.2) is 25.1 Å². The Bertz CT molecular complexity index is 1370. The van der Waals surface area contributed by atoms with Gasteiger partial charge in [0.2, 0.25) is 5.91 Å². The zero-order valence-corrected chi connectivity index (χ0v) is 18.2. The number of thiophene rings is 1. The summed E-state index contributed by atoms with van der Waals surface area (Å²) < 4.78 is 2.63. The normalized spacial score (nSPS) is 16.2. The first-order chi connectivity index (χ1) is 14.4. The molecule has 1 atom stereocenters. The molecule has 0 bridgehead atoms. The van der Waals surface area contributed by atoms with Crippen molar-refractivity contribution in [3.05, 3.63) is 56.0 Å². The van der Waals surface area contributed by atoms with E-state index >= 15 is 0 Å². The van der Waals surface area contributed by atoms with Gasteiger partial charge in [-0.1, -0.05) is 24.6 Å². The Kier molecular flexibility index (Phi) is 4.63. The van der Waals surface area contributed by atoms with Crippen molar-refractivity contribution in [2.75, 3.05) is 5.32 Å². The van der Waals surface area contributed by atoms with Gasteiger partial charge in [-0.3, -0.25) is 4.79 Å². The fourth-order valence-corrected chi connectivity index (χ4v) is 5.55. The molecule has 0 saturated carbocycles. The molecule has 3 heterocycles. The van der Waals surface area contributed by atoms with Crippen molar-refractivity contribution in [1.29, 1.82) is 0 Å². The molecule has 1 aliphatic carbocycles. The lowest BCUT2D eigenvalue weighted by Gasteiger charge is -2.17. The van der Waals surface area contributed by atoms with Crippen molar-refractivity contribution in [1.82, 2.24) is 19.2 Å². The number of carbonyl (C=O) groups excluding carboxylic acids is 1. The van der Waals surface area contributed by atoms with E-state index in [0.29, 0.717) is 22.3 Å². The third-order valence-electron chi connectivity index (χ3n) is 5.71. The predicted octanol–water partition coefficient (Wildman–Crippen LogP) is 3.83. The Hall–Kier alpha value is -2.71. The van der Waals surface area contributed by atoms with Crippen molar-refractivity contribution in [2.45, 2.75) is 39.7 Å². The SMILES string of the molecule is Cc1c(Cl)cccc1NC(=O)Cn1nc2c3c4c(sc3ncn2c1=O)CC(C)CC4. The third-order valence-corrected chi connectivity index (χ3v) is 7.28. The highest BCUT2D eigenvalue weighted by molar-refractivity contribution is 7.19. The summed E-state index contributed by atoms with van der Waals surface area (Å²) in [6, 6.07) is 5.31. The van der Waals surface area contributed by atoms with Crippen LogP contribution in [0.1, 0.15) is 29.3 Å². The van der Waals surface area contributed by atoms with E-state index in [1.54, 1.807) is 29.5 Å². The van der Waals surface area contributed by atoms with Gasteiger partial charge in [0.05, 0.1) is 5.39 Å². The molecule has 0 spiro atoms. The molecule has 1 N–H and O–H groups in total. The second-order valence-electron chi connectivity index (χ2n) is 7.87. The van der Waals surface area contributed by atoms with E-state index in [4.69, 9.17) is 11.6 Å². The molecule has 4 aromatic rings. The van der Waals surface area contributed by atoms with Crippen LogP contribution in [0.25, 0.3) is 15.9 Å². The highest BCUT2D eigenvalue weighted by Gasteiger charge is 2.24. The van der Waals surface area contributed by atoms with Crippen LogP contribution in [0.4, 0.5) is 5.69 Å². The number of halogens is 1. The molecule has 0 radical (unpaired) electrons. The van der Waals surface area contributed by atoms with Gasteiger partial charge in [0.15, 0.2) is 5.65 Å². The van der Waals surface area contributed by atoms with Gasteiger partial charge in [-0.25, -0.2) is 18.9 Å². The zero-order chi connectivity index (χ0) is 21.0. The highest BCUT2D eigenvalue weighted by Crippen LogP contribution is 2.38. The number of hydrogen-bond acceptors (Lipinski definition) is 5. The first kappa shape index (κ1) is 19.3. The van der Waals surface area contributed by atoms with Gasteiger partial charge < -0.3 is 5.32 Å². The number of hydrogen-bond donors (Lipinski definition) is 1. The number of nitrogens with one attached hydrogen (secondary N) is 1. The van der Waals surface area contributed by atoms with Crippen LogP contribution in [0.3, 0.4) is 0 Å². The van der Waals surface area contributed by atoms with E-state index in [-0.39, 0.29) is 18.1 Å². The second-order valence-corrected chi connectivity index (χ2v) is 9.36. The average Bonchev–Trinajstić information content (AvgIpc) is 3.22. The summed E-state index contributed by atoms with van der Waals surface area (Å²) in [5, 5.41) is 8.84. The number of aromatic nitrogens is 4. The molecular formula is C21H20ClN5O2S. The van der Waals surface area contributed by atoms with Crippen LogP contribution >= 0.6 is 22.9 Å². The number of amides is 1. The third kappa shape index (κ3) is 3.11. The van der Waals surface area contributed by atoms with Gasteiger partial charge in [-0.05, 0) is 55.4 Å². The summed E-state index contributed by atoms with van der Waals surface area (Å²) in [6.07, 6.45) is 4.63. The quantitative estimate of drug-likeness (QED) is 0.523. The molecule has 9 heteroatoms. The molecule has 0 saturated heterocycles. The molecular weight excluding hydrogens is 422 g/mol. The van der Waals surface area contributed by atoms with E-state index in [1.807, 2.05) is 6.92 Å². The van der Waals surface area contributed by atoms with Gasteiger partial charge in [0.25, 0.3) is 0 Å². The van der Waals surface area contributed by atoms with Crippen molar-refractivity contribution < 1.29 is 4.79 Å². The van der Waals surface area contributed by atoms with Crippen LogP contribution < -0.4 is 11.0 Å². The van der Waals surface area contributed by atoms with Crippen molar-refractivity contribution in [3.8, 4) is 0 Å². The van der Waals surface area contributed by atoms with E-state index < -0.39 is 0 Å². The molecule has 0 fully saturated rings. The Balaban J connectivity index is 1.52. The number of rotatable bonds is 3. The fourth-order valence-electron chi connectivity index (χ4n) is 4.03. The first-order valence-electron chi connectivity index (χ1n) is 9.85. The summed E-state index contributed by atoms with van der Waals surface area (Å²) in [4.78, 5) is 32.2. The van der Waals surface area contributed by atoms with E-state index in [2.05, 4.69) is 22.3 Å². The Morgan fingerprint density at radius 2 is 2.23 bits per heavy atom. The van der Waals surface area contributed by atoms with E-state index in [0.717, 1.165) is 35.0 Å². The molecule has 154 valence electrons. The fraction of sp³-hybridized carbons (Fsp3) is 0.333. The van der Waals surface area contributed by atoms with Gasteiger partial charge >= 0.3 is 5.69 Å². The molecule has 5 rings (SSSR count). The maximum atomic E-state index is 12.8. The first-order valence-corrected chi connectivity index (χ1v) is 11.0. The average molecular weight is 442 g/mol. The number of benzene rings is 1. The summed E-state index contributed by atoms with van der Waals surface area (Å²) in [6.45, 7) is 3.91. The van der Waals surface area contributed by atoms with Crippen molar-refractivity contribution in [2.24, 2.45) is 5.92 Å². The minimum atomic E-state index is -0.374. The number of nitrogens with zero attached hydrogens (tertiary/aromatic N) is 4. The summed E-state index contributed by atoms with van der Waals surface area (Å²) in [5.74, 6) is 0.316. The second kappa shape index (κ2) is 7.21. The Morgan fingerprint density at radius 1 is 1.40 bits per heavy atom. The van der Waals surface area contributed by atoms with Crippen LogP contribution in [0.5, 0.6) is 0 Å². The number of aryl methyl sites for hydroxylation is 1. The largest absolute Gasteiger partial charge is 0.352 e. The number of carbonyl (C=O) groups is 1. The summed E-state index contributed by atoms with van der Waals surface area (Å²) >= 11 is 7.80. The molecule has 7 nitrogen and oxygen atoms in total. The van der Waals surface area contributed by atoms with Crippen molar-refractivity contribution >= 4 is 50.4 Å². The van der Waals surface area contributed by atoms with Gasteiger partial charge in [-0.2, -0.15) is 0 Å². The molecule has 3 aromatic heterocycles. The molecule has 1 aliphatic rings. The lowest BCUT2D eigenvalue weighted by molar-refractivity contribution is -0.117. The highest BCUT2D eigenvalue weighted by atomic mass is 35.5. The standard InChI is InChI=1S/C21H20ClN5O2S/c1-11-6-7-13-16(8-11)30-20-18(13)19-25-27(21(29)26(19)10-23-20)9-17(28)24-15-5-3-4-14(22)12(15)2/h3-5,10-11H,6-9H2,1-2H3,(H,24,28). The monoisotopic (exact) mass is 441 g/mol. The van der Waals surface area contributed by atoms with Crippen molar-refractivity contribution in [3.63, 3.8) is 0 Å². The van der Waals surface area contributed by atoms with Gasteiger partial charge in [0.1, 0.15) is 17.7 Å². The molecule has 0 aliphatic heterocycles. The molecule has 30 heavy (non-hydrogen) atoms. The van der Waals surface area contributed by atoms with E-state index in [9.17, 15) is 9.59 Å². The van der Waals surface area contributed by atoms with Gasteiger partial charge in [-0.15, -0.1) is 16.4 Å². The molecule has 1 aromatic carbocycles. The number of fused-ring (bicyclic) bond motifs is 5.